The van der Waals surface area contributed by atoms with Crippen LogP contribution >= 0.6 is 0 Å². The molecule has 0 heterocycles. The number of para-hydroxylation sites is 1. The van der Waals surface area contributed by atoms with Crippen LogP contribution in [0.1, 0.15) is 43.7 Å². The van der Waals surface area contributed by atoms with Crippen LogP contribution in [0.5, 0.6) is 0 Å². The average Bonchev–Trinajstić information content (AvgIpc) is 3.03. The van der Waals surface area contributed by atoms with E-state index in [1.54, 1.807) is 0 Å². The Morgan fingerprint density at radius 1 is 1.32 bits per heavy atom. The summed E-state index contributed by atoms with van der Waals surface area (Å²) in [5.41, 5.74) is 2.99. The van der Waals surface area contributed by atoms with Gasteiger partial charge in [-0.1, -0.05) is 18.6 Å². The minimum absolute atomic E-state index is 0.475. The molecule has 2 aliphatic carbocycles. The van der Waals surface area contributed by atoms with Crippen LogP contribution in [-0.2, 0) is 0 Å². The summed E-state index contributed by atoms with van der Waals surface area (Å²) in [5.74, 6) is 2.69. The highest BCUT2D eigenvalue weighted by Crippen LogP contribution is 2.50. The fourth-order valence-electron chi connectivity index (χ4n) is 4.19. The summed E-state index contributed by atoms with van der Waals surface area (Å²) < 4.78 is 0. The van der Waals surface area contributed by atoms with Crippen molar-refractivity contribution in [1.29, 1.82) is 5.26 Å². The number of anilines is 1. The Morgan fingerprint density at radius 3 is 2.79 bits per heavy atom. The van der Waals surface area contributed by atoms with Crippen molar-refractivity contribution in [3.05, 3.63) is 29.3 Å². The molecule has 2 nitrogen and oxygen atoms in total. The highest BCUT2D eigenvalue weighted by Gasteiger charge is 2.41. The van der Waals surface area contributed by atoms with E-state index >= 15 is 0 Å². The average molecular weight is 254 g/mol. The summed E-state index contributed by atoms with van der Waals surface area (Å²) in [6.45, 7) is 4.37. The molecule has 2 aliphatic rings. The Morgan fingerprint density at radius 2 is 2.16 bits per heavy atom. The van der Waals surface area contributed by atoms with Crippen molar-refractivity contribution in [2.75, 3.05) is 5.32 Å². The van der Waals surface area contributed by atoms with Gasteiger partial charge in [-0.2, -0.15) is 5.26 Å². The molecule has 2 fully saturated rings. The van der Waals surface area contributed by atoms with Crippen LogP contribution in [0.25, 0.3) is 0 Å². The second kappa shape index (κ2) is 4.89. The van der Waals surface area contributed by atoms with Crippen molar-refractivity contribution in [2.45, 2.75) is 45.6 Å². The largest absolute Gasteiger partial charge is 0.381 e. The van der Waals surface area contributed by atoms with Gasteiger partial charge in [0.1, 0.15) is 6.07 Å². The van der Waals surface area contributed by atoms with Crippen LogP contribution in [0.2, 0.25) is 0 Å². The summed E-state index contributed by atoms with van der Waals surface area (Å²) in [6.07, 6.45) is 5.68. The van der Waals surface area contributed by atoms with E-state index in [0.29, 0.717) is 6.04 Å². The fourth-order valence-corrected chi connectivity index (χ4v) is 4.19. The standard InChI is InChI=1S/C17H22N2/c1-11-4-3-5-15(10-18)17(11)19-12(2)16-9-13-6-7-14(16)8-13/h3-5,12-14,16,19H,6-9H2,1-2H3. The van der Waals surface area contributed by atoms with E-state index in [4.69, 9.17) is 0 Å². The first-order chi connectivity index (χ1) is 9.19. The Bertz CT molecular complexity index is 514. The van der Waals surface area contributed by atoms with Gasteiger partial charge in [0.25, 0.3) is 0 Å². The first-order valence-corrected chi connectivity index (χ1v) is 7.45. The number of nitriles is 1. The molecule has 1 aromatic carbocycles. The fraction of sp³-hybridized carbons (Fsp3) is 0.588. The third-order valence-corrected chi connectivity index (χ3v) is 5.20. The molecule has 19 heavy (non-hydrogen) atoms. The molecule has 2 bridgehead atoms. The van der Waals surface area contributed by atoms with Crippen molar-refractivity contribution in [3.8, 4) is 6.07 Å². The maximum Gasteiger partial charge on any atom is 0.101 e. The van der Waals surface area contributed by atoms with E-state index in [9.17, 15) is 5.26 Å². The van der Waals surface area contributed by atoms with Gasteiger partial charge in [-0.25, -0.2) is 0 Å². The first kappa shape index (κ1) is 12.5. The van der Waals surface area contributed by atoms with Gasteiger partial charge in [-0.3, -0.25) is 0 Å². The normalized spacial score (nSPS) is 30.1. The van der Waals surface area contributed by atoms with Crippen LogP contribution < -0.4 is 5.32 Å². The van der Waals surface area contributed by atoms with E-state index in [-0.39, 0.29) is 0 Å². The number of hydrogen-bond acceptors (Lipinski definition) is 2. The molecule has 0 saturated heterocycles. The van der Waals surface area contributed by atoms with E-state index in [0.717, 1.165) is 29.0 Å². The summed E-state index contributed by atoms with van der Waals surface area (Å²) >= 11 is 0. The highest BCUT2D eigenvalue weighted by atomic mass is 14.9. The molecule has 0 radical (unpaired) electrons. The summed E-state index contributed by atoms with van der Waals surface area (Å²) in [4.78, 5) is 0. The number of nitrogens with zero attached hydrogens (tertiary/aromatic N) is 1. The van der Waals surface area contributed by atoms with Gasteiger partial charge in [0.05, 0.1) is 11.3 Å². The third kappa shape index (κ3) is 2.23. The molecule has 2 heteroatoms. The molecule has 2 saturated carbocycles. The molecule has 0 spiro atoms. The zero-order valence-corrected chi connectivity index (χ0v) is 11.8. The monoisotopic (exact) mass is 254 g/mol. The minimum Gasteiger partial charge on any atom is -0.381 e. The van der Waals surface area contributed by atoms with Gasteiger partial charge in [0.2, 0.25) is 0 Å². The predicted octanol–water partition coefficient (Wildman–Crippen LogP) is 4.10. The van der Waals surface area contributed by atoms with Crippen molar-refractivity contribution in [2.24, 2.45) is 17.8 Å². The molecular weight excluding hydrogens is 232 g/mol. The second-order valence-corrected chi connectivity index (χ2v) is 6.38. The lowest BCUT2D eigenvalue weighted by atomic mass is 9.83. The molecule has 1 aromatic rings. The van der Waals surface area contributed by atoms with Gasteiger partial charge in [-0.15, -0.1) is 0 Å². The number of rotatable bonds is 3. The molecule has 3 rings (SSSR count). The van der Waals surface area contributed by atoms with Crippen LogP contribution in [0.4, 0.5) is 5.69 Å². The van der Waals surface area contributed by atoms with E-state index in [1.807, 2.05) is 12.1 Å². The van der Waals surface area contributed by atoms with Gasteiger partial charge < -0.3 is 5.32 Å². The zero-order chi connectivity index (χ0) is 13.4. The molecule has 0 aromatic heterocycles. The van der Waals surface area contributed by atoms with Crippen LogP contribution in [0, 0.1) is 36.0 Å². The Labute approximate surface area is 115 Å². The lowest BCUT2D eigenvalue weighted by Gasteiger charge is -2.30. The smallest absolute Gasteiger partial charge is 0.101 e. The summed E-state index contributed by atoms with van der Waals surface area (Å²) in [6, 6.07) is 8.72. The third-order valence-electron chi connectivity index (χ3n) is 5.20. The van der Waals surface area contributed by atoms with E-state index < -0.39 is 0 Å². The first-order valence-electron chi connectivity index (χ1n) is 7.45. The zero-order valence-electron chi connectivity index (χ0n) is 11.8. The van der Waals surface area contributed by atoms with E-state index in [1.165, 1.54) is 31.2 Å². The number of aryl methyl sites for hydroxylation is 1. The van der Waals surface area contributed by atoms with Crippen molar-refractivity contribution < 1.29 is 0 Å². The quantitative estimate of drug-likeness (QED) is 0.881. The van der Waals surface area contributed by atoms with Crippen LogP contribution in [0.15, 0.2) is 18.2 Å². The van der Waals surface area contributed by atoms with Crippen molar-refractivity contribution in [1.82, 2.24) is 0 Å². The topological polar surface area (TPSA) is 35.8 Å². The Hall–Kier alpha value is -1.49. The van der Waals surface area contributed by atoms with Crippen molar-refractivity contribution >= 4 is 5.69 Å². The van der Waals surface area contributed by atoms with Gasteiger partial charge in [-0.05, 0) is 62.5 Å². The number of fused-ring (bicyclic) bond motifs is 2. The van der Waals surface area contributed by atoms with Crippen LogP contribution in [-0.4, -0.2) is 6.04 Å². The minimum atomic E-state index is 0.475. The number of hydrogen-bond donors (Lipinski definition) is 1. The number of nitrogens with one attached hydrogen (secondary N) is 1. The Kier molecular flexibility index (Phi) is 3.22. The van der Waals surface area contributed by atoms with Gasteiger partial charge in [0, 0.05) is 6.04 Å². The van der Waals surface area contributed by atoms with Crippen molar-refractivity contribution in [3.63, 3.8) is 0 Å². The van der Waals surface area contributed by atoms with Gasteiger partial charge in [0.15, 0.2) is 0 Å². The van der Waals surface area contributed by atoms with Gasteiger partial charge >= 0.3 is 0 Å². The van der Waals surface area contributed by atoms with Crippen LogP contribution in [0.3, 0.4) is 0 Å². The molecule has 100 valence electrons. The molecular formula is C17H22N2. The summed E-state index contributed by atoms with van der Waals surface area (Å²) in [7, 11) is 0. The maximum atomic E-state index is 9.24. The molecule has 4 unspecified atom stereocenters. The molecule has 0 amide bonds. The Balaban J connectivity index is 1.77. The lowest BCUT2D eigenvalue weighted by molar-refractivity contribution is 0.304. The SMILES string of the molecule is Cc1cccc(C#N)c1NC(C)C1CC2CCC1C2. The summed E-state index contributed by atoms with van der Waals surface area (Å²) in [5, 5.41) is 12.9. The highest BCUT2D eigenvalue weighted by molar-refractivity contribution is 5.62. The second-order valence-electron chi connectivity index (χ2n) is 6.38. The number of benzene rings is 1. The molecule has 0 aliphatic heterocycles. The maximum absolute atomic E-state index is 9.24. The van der Waals surface area contributed by atoms with E-state index in [2.05, 4.69) is 31.3 Å². The molecule has 4 atom stereocenters. The predicted molar refractivity (Wildman–Crippen MR) is 77.9 cm³/mol. The lowest BCUT2D eigenvalue weighted by Crippen LogP contribution is -2.30. The molecule has 1 N–H and O–H groups in total.